The number of furan rings is 1. The van der Waals surface area contributed by atoms with Gasteiger partial charge in [0.15, 0.2) is 11.5 Å². The molecule has 0 saturated carbocycles. The van der Waals surface area contributed by atoms with Gasteiger partial charge in [-0.3, -0.25) is 9.59 Å². The number of allylic oxidation sites excluding steroid dienone is 1. The molecule has 0 aliphatic carbocycles. The number of ketones is 1. The Bertz CT molecular complexity index is 947. The Labute approximate surface area is 168 Å². The Morgan fingerprint density at radius 2 is 2.10 bits per heavy atom. The van der Waals surface area contributed by atoms with Gasteiger partial charge in [-0.05, 0) is 69.0 Å². The van der Waals surface area contributed by atoms with Crippen LogP contribution in [0.25, 0.3) is 6.08 Å². The maximum Gasteiger partial charge on any atom is 0.290 e. The van der Waals surface area contributed by atoms with Gasteiger partial charge in [0.2, 0.25) is 0 Å². The summed E-state index contributed by atoms with van der Waals surface area (Å²) in [4.78, 5) is 29.0. The Balaban J connectivity index is 1.94. The summed E-state index contributed by atoms with van der Waals surface area (Å²) in [6.07, 6.45) is 4.82. The smallest absolute Gasteiger partial charge is 0.290 e. The summed E-state index contributed by atoms with van der Waals surface area (Å²) in [5, 5.41) is 10.5. The molecule has 0 fully saturated rings. The van der Waals surface area contributed by atoms with Gasteiger partial charge >= 0.3 is 0 Å². The first-order chi connectivity index (χ1) is 13.9. The van der Waals surface area contributed by atoms with E-state index in [9.17, 15) is 19.1 Å². The number of nitrogens with zero attached hydrogens (tertiary/aromatic N) is 2. The third kappa shape index (κ3) is 4.63. The van der Waals surface area contributed by atoms with Crippen LogP contribution in [-0.2, 0) is 9.59 Å². The summed E-state index contributed by atoms with van der Waals surface area (Å²) in [6.45, 7) is 1.04. The predicted octanol–water partition coefficient (Wildman–Crippen LogP) is 3.35. The molecule has 29 heavy (non-hydrogen) atoms. The standard InChI is InChI=1S/C22H23FN2O4/c1-24(2)11-5-12-25-20(15-6-3-7-16(23)14-15)19(21(27)22(25)28)18(26)10-9-17-8-4-13-29-17/h3-4,6-10,13-14,20,27H,5,11-12H2,1-2H3. The lowest BCUT2D eigenvalue weighted by Crippen LogP contribution is -2.33. The fourth-order valence-electron chi connectivity index (χ4n) is 3.35. The Hall–Kier alpha value is -3.19. The Kier molecular flexibility index (Phi) is 6.29. The van der Waals surface area contributed by atoms with Crippen molar-refractivity contribution in [2.24, 2.45) is 0 Å². The monoisotopic (exact) mass is 398 g/mol. The van der Waals surface area contributed by atoms with Crippen LogP contribution in [0.5, 0.6) is 0 Å². The summed E-state index contributed by atoms with van der Waals surface area (Å²) < 4.78 is 19.0. The zero-order valence-corrected chi connectivity index (χ0v) is 16.3. The molecule has 6 nitrogen and oxygen atoms in total. The van der Waals surface area contributed by atoms with Crippen LogP contribution in [0.2, 0.25) is 0 Å². The highest BCUT2D eigenvalue weighted by atomic mass is 19.1. The third-order valence-electron chi connectivity index (χ3n) is 4.68. The van der Waals surface area contributed by atoms with Gasteiger partial charge in [0.25, 0.3) is 5.91 Å². The van der Waals surface area contributed by atoms with Crippen molar-refractivity contribution in [3.8, 4) is 0 Å². The molecule has 1 unspecified atom stereocenters. The molecular weight excluding hydrogens is 375 g/mol. The second-order valence-electron chi connectivity index (χ2n) is 7.09. The van der Waals surface area contributed by atoms with Crippen LogP contribution in [0, 0.1) is 5.82 Å². The molecule has 0 saturated heterocycles. The highest BCUT2D eigenvalue weighted by Gasteiger charge is 2.42. The van der Waals surface area contributed by atoms with Crippen LogP contribution < -0.4 is 0 Å². The summed E-state index contributed by atoms with van der Waals surface area (Å²) in [6, 6.07) is 8.23. The molecule has 1 aromatic carbocycles. The molecule has 1 aliphatic heterocycles. The molecule has 1 N–H and O–H groups in total. The van der Waals surface area contributed by atoms with E-state index in [4.69, 9.17) is 4.42 Å². The van der Waals surface area contributed by atoms with Crippen molar-refractivity contribution in [2.45, 2.75) is 12.5 Å². The number of amides is 1. The minimum Gasteiger partial charge on any atom is -0.503 e. The van der Waals surface area contributed by atoms with E-state index in [-0.39, 0.29) is 5.57 Å². The second kappa shape index (κ2) is 8.87. The number of aliphatic hydroxyl groups is 1. The van der Waals surface area contributed by atoms with Crippen molar-refractivity contribution >= 4 is 17.8 Å². The van der Waals surface area contributed by atoms with E-state index >= 15 is 0 Å². The second-order valence-corrected chi connectivity index (χ2v) is 7.09. The van der Waals surface area contributed by atoms with Gasteiger partial charge in [-0.15, -0.1) is 0 Å². The average Bonchev–Trinajstić information content (AvgIpc) is 3.28. The molecule has 0 bridgehead atoms. The van der Waals surface area contributed by atoms with E-state index in [2.05, 4.69) is 0 Å². The predicted molar refractivity (Wildman–Crippen MR) is 106 cm³/mol. The molecule has 1 atom stereocenters. The van der Waals surface area contributed by atoms with Crippen LogP contribution in [-0.4, -0.2) is 53.8 Å². The normalized spacial score (nSPS) is 17.2. The van der Waals surface area contributed by atoms with Crippen LogP contribution in [0.4, 0.5) is 4.39 Å². The Morgan fingerprint density at radius 1 is 1.31 bits per heavy atom. The highest BCUT2D eigenvalue weighted by Crippen LogP contribution is 2.38. The van der Waals surface area contributed by atoms with Crippen LogP contribution >= 0.6 is 0 Å². The van der Waals surface area contributed by atoms with Crippen LogP contribution in [0.15, 0.2) is 64.5 Å². The lowest BCUT2D eigenvalue weighted by Gasteiger charge is -2.27. The van der Waals surface area contributed by atoms with Crippen LogP contribution in [0.3, 0.4) is 0 Å². The van der Waals surface area contributed by atoms with Gasteiger partial charge in [0.05, 0.1) is 17.9 Å². The van der Waals surface area contributed by atoms with Crippen molar-refractivity contribution in [1.29, 1.82) is 0 Å². The summed E-state index contributed by atoms with van der Waals surface area (Å²) in [7, 11) is 3.83. The molecule has 1 aromatic heterocycles. The van der Waals surface area contributed by atoms with Crippen molar-refractivity contribution in [1.82, 2.24) is 9.80 Å². The number of hydrogen-bond donors (Lipinski definition) is 1. The van der Waals surface area contributed by atoms with Gasteiger partial charge in [-0.2, -0.15) is 0 Å². The molecular formula is C22H23FN2O4. The minimum absolute atomic E-state index is 0.0618. The van der Waals surface area contributed by atoms with Crippen molar-refractivity contribution in [3.05, 3.63) is 77.2 Å². The van der Waals surface area contributed by atoms with Gasteiger partial charge < -0.3 is 19.3 Å². The lowest BCUT2D eigenvalue weighted by atomic mass is 9.95. The quantitative estimate of drug-likeness (QED) is 0.691. The molecule has 152 valence electrons. The maximum absolute atomic E-state index is 13.9. The molecule has 2 heterocycles. The third-order valence-corrected chi connectivity index (χ3v) is 4.68. The topological polar surface area (TPSA) is 74.0 Å². The van der Waals surface area contributed by atoms with Crippen molar-refractivity contribution < 1.29 is 23.5 Å². The molecule has 7 heteroatoms. The van der Waals surface area contributed by atoms with Crippen molar-refractivity contribution in [2.75, 3.05) is 27.2 Å². The molecule has 0 radical (unpaired) electrons. The molecule has 1 aliphatic rings. The number of benzene rings is 1. The fourth-order valence-corrected chi connectivity index (χ4v) is 3.35. The number of hydrogen-bond acceptors (Lipinski definition) is 5. The fraction of sp³-hybridized carbons (Fsp3) is 0.273. The van der Waals surface area contributed by atoms with Crippen molar-refractivity contribution in [3.63, 3.8) is 0 Å². The van der Waals surface area contributed by atoms with E-state index in [1.165, 1.54) is 41.5 Å². The van der Waals surface area contributed by atoms with E-state index in [0.29, 0.717) is 24.3 Å². The molecule has 1 amide bonds. The highest BCUT2D eigenvalue weighted by molar-refractivity contribution is 6.14. The number of carbonyl (C=O) groups is 2. The maximum atomic E-state index is 13.9. The van der Waals surface area contributed by atoms with E-state index in [1.807, 2.05) is 19.0 Å². The summed E-state index contributed by atoms with van der Waals surface area (Å²) in [5.74, 6) is -1.77. The van der Waals surface area contributed by atoms with Gasteiger partial charge in [-0.25, -0.2) is 4.39 Å². The van der Waals surface area contributed by atoms with E-state index < -0.39 is 29.3 Å². The summed E-state index contributed by atoms with van der Waals surface area (Å²) in [5.41, 5.74) is 0.371. The lowest BCUT2D eigenvalue weighted by molar-refractivity contribution is -0.129. The van der Waals surface area contributed by atoms with Gasteiger partial charge in [-0.1, -0.05) is 12.1 Å². The molecule has 0 spiro atoms. The summed E-state index contributed by atoms with van der Waals surface area (Å²) >= 11 is 0. The first kappa shape index (κ1) is 20.5. The van der Waals surface area contributed by atoms with Gasteiger partial charge in [0.1, 0.15) is 11.6 Å². The Morgan fingerprint density at radius 3 is 2.76 bits per heavy atom. The van der Waals surface area contributed by atoms with Gasteiger partial charge in [0, 0.05) is 6.54 Å². The number of carbonyl (C=O) groups excluding carboxylic acids is 2. The first-order valence-electron chi connectivity index (χ1n) is 9.28. The number of rotatable bonds is 8. The average molecular weight is 398 g/mol. The van der Waals surface area contributed by atoms with E-state index in [0.717, 1.165) is 6.54 Å². The molecule has 2 aromatic rings. The zero-order chi connectivity index (χ0) is 21.0. The largest absolute Gasteiger partial charge is 0.503 e. The van der Waals surface area contributed by atoms with Crippen LogP contribution in [0.1, 0.15) is 23.8 Å². The minimum atomic E-state index is -0.853. The number of aliphatic hydroxyl groups excluding tert-OH is 1. The first-order valence-corrected chi connectivity index (χ1v) is 9.28. The molecule has 3 rings (SSSR count). The number of halogens is 1. The SMILES string of the molecule is CN(C)CCCN1C(=O)C(O)=C(C(=O)C=Cc2ccco2)C1c1cccc(F)c1. The van der Waals surface area contributed by atoms with E-state index in [1.54, 1.807) is 18.2 Å². The zero-order valence-electron chi connectivity index (χ0n) is 16.3.